The number of nitrogens with zero attached hydrogens (tertiary/aromatic N) is 2. The maximum absolute atomic E-state index is 12.2. The van der Waals surface area contributed by atoms with Crippen molar-refractivity contribution in [3.05, 3.63) is 58.4 Å². The van der Waals surface area contributed by atoms with E-state index in [1.807, 2.05) is 12.1 Å². The van der Waals surface area contributed by atoms with Gasteiger partial charge in [-0.1, -0.05) is 13.0 Å². The Balaban J connectivity index is 1.60. The van der Waals surface area contributed by atoms with Crippen molar-refractivity contribution >= 4 is 5.91 Å². The number of carbonyl (C=O) groups excluding carboxylic acids is 1. The molecule has 0 spiro atoms. The Hall–Kier alpha value is -2.30. The predicted octanol–water partition coefficient (Wildman–Crippen LogP) is 2.22. The van der Waals surface area contributed by atoms with E-state index < -0.39 is 0 Å². The molecule has 22 heavy (non-hydrogen) atoms. The van der Waals surface area contributed by atoms with E-state index in [-0.39, 0.29) is 18.0 Å². The Kier molecular flexibility index (Phi) is 3.88. The predicted molar refractivity (Wildman–Crippen MR) is 82.4 cm³/mol. The topological polar surface area (TPSA) is 55.5 Å². The molecule has 0 saturated heterocycles. The fraction of sp³-hybridized carbons (Fsp3) is 0.412. The third kappa shape index (κ3) is 3.13. The maximum atomic E-state index is 12.2. The van der Waals surface area contributed by atoms with Gasteiger partial charge in [-0.3, -0.25) is 9.59 Å². The molecular weight excluding hydrogens is 280 g/mol. The van der Waals surface area contributed by atoms with Crippen molar-refractivity contribution in [3.8, 4) is 0 Å². The van der Waals surface area contributed by atoms with Gasteiger partial charge in [0.2, 0.25) is 5.91 Å². The second-order valence-electron chi connectivity index (χ2n) is 6.04. The second kappa shape index (κ2) is 5.83. The largest absolute Gasteiger partial charge is 0.464 e. The Morgan fingerprint density at radius 1 is 1.36 bits per heavy atom. The van der Waals surface area contributed by atoms with Crippen LogP contribution >= 0.6 is 0 Å². The number of carbonyl (C=O) groups is 1. The van der Waals surface area contributed by atoms with Gasteiger partial charge < -0.3 is 13.9 Å². The third-order valence-corrected chi connectivity index (χ3v) is 4.18. The van der Waals surface area contributed by atoms with Gasteiger partial charge in [0.15, 0.2) is 0 Å². The highest BCUT2D eigenvalue weighted by atomic mass is 16.3. The van der Waals surface area contributed by atoms with Gasteiger partial charge in [0.25, 0.3) is 5.56 Å². The van der Waals surface area contributed by atoms with Gasteiger partial charge >= 0.3 is 0 Å². The standard InChI is InChI=1S/C17H20N2O3/c1-12-9-14(12)15-7-6-13(22-15)10-18(2)17(21)11-19-8-4-3-5-16(19)20/h3-8,12,14H,9-11H2,1-2H3/t12-,14-/m0/s1. The molecule has 0 bridgehead atoms. The van der Waals surface area contributed by atoms with Gasteiger partial charge in [-0.2, -0.15) is 0 Å². The molecule has 5 nitrogen and oxygen atoms in total. The highest BCUT2D eigenvalue weighted by molar-refractivity contribution is 5.75. The minimum Gasteiger partial charge on any atom is -0.464 e. The Bertz CT molecular complexity index is 731. The number of rotatable bonds is 5. The first-order chi connectivity index (χ1) is 10.5. The van der Waals surface area contributed by atoms with E-state index >= 15 is 0 Å². The molecule has 116 valence electrons. The summed E-state index contributed by atoms with van der Waals surface area (Å²) in [6, 6.07) is 8.78. The number of amides is 1. The molecule has 2 aromatic rings. The first-order valence-electron chi connectivity index (χ1n) is 7.52. The molecule has 0 unspecified atom stereocenters. The molecular formula is C17H20N2O3. The summed E-state index contributed by atoms with van der Waals surface area (Å²) in [6.45, 7) is 2.67. The molecule has 0 N–H and O–H groups in total. The quantitative estimate of drug-likeness (QED) is 0.851. The molecule has 2 heterocycles. The lowest BCUT2D eigenvalue weighted by atomic mass is 10.3. The molecule has 2 aromatic heterocycles. The van der Waals surface area contributed by atoms with Crippen molar-refractivity contribution in [3.63, 3.8) is 0 Å². The zero-order valence-electron chi connectivity index (χ0n) is 12.9. The minimum absolute atomic E-state index is 0.0450. The molecule has 0 aromatic carbocycles. The van der Waals surface area contributed by atoms with Gasteiger partial charge in [-0.25, -0.2) is 0 Å². The fourth-order valence-electron chi connectivity index (χ4n) is 2.58. The number of hydrogen-bond donors (Lipinski definition) is 0. The van der Waals surface area contributed by atoms with E-state index in [1.54, 1.807) is 30.3 Å². The van der Waals surface area contributed by atoms with Crippen molar-refractivity contribution < 1.29 is 9.21 Å². The van der Waals surface area contributed by atoms with Crippen LogP contribution in [0.3, 0.4) is 0 Å². The van der Waals surface area contributed by atoms with Crippen molar-refractivity contribution in [2.75, 3.05) is 7.05 Å². The van der Waals surface area contributed by atoms with Crippen LogP contribution in [0.2, 0.25) is 0 Å². The van der Waals surface area contributed by atoms with Gasteiger partial charge in [-0.05, 0) is 30.5 Å². The minimum atomic E-state index is -0.174. The number of likely N-dealkylation sites (N-methyl/N-ethyl adjacent to an activating group) is 1. The highest BCUT2D eigenvalue weighted by Gasteiger charge is 2.36. The van der Waals surface area contributed by atoms with E-state index in [9.17, 15) is 9.59 Å². The molecule has 3 rings (SSSR count). The van der Waals surface area contributed by atoms with Crippen molar-refractivity contribution in [2.45, 2.75) is 32.4 Å². The molecule has 1 saturated carbocycles. The summed E-state index contributed by atoms with van der Waals surface area (Å²) in [5.74, 6) is 2.92. The van der Waals surface area contributed by atoms with E-state index in [2.05, 4.69) is 6.92 Å². The zero-order valence-corrected chi connectivity index (χ0v) is 12.9. The van der Waals surface area contributed by atoms with Crippen LogP contribution in [0.4, 0.5) is 0 Å². The van der Waals surface area contributed by atoms with E-state index in [0.29, 0.717) is 18.4 Å². The summed E-state index contributed by atoms with van der Waals surface area (Å²) in [4.78, 5) is 25.4. The van der Waals surface area contributed by atoms with Gasteiger partial charge in [0.05, 0.1) is 6.54 Å². The van der Waals surface area contributed by atoms with E-state index in [0.717, 1.165) is 11.5 Å². The van der Waals surface area contributed by atoms with Crippen LogP contribution in [0.1, 0.15) is 30.8 Å². The number of pyridine rings is 1. The summed E-state index contributed by atoms with van der Waals surface area (Å²) in [5.41, 5.74) is -0.174. The normalized spacial score (nSPS) is 19.9. The summed E-state index contributed by atoms with van der Waals surface area (Å²) >= 11 is 0. The smallest absolute Gasteiger partial charge is 0.250 e. The molecule has 1 amide bonds. The van der Waals surface area contributed by atoms with Crippen LogP contribution in [-0.2, 0) is 17.9 Å². The Labute approximate surface area is 129 Å². The lowest BCUT2D eigenvalue weighted by molar-refractivity contribution is -0.131. The number of furan rings is 1. The average molecular weight is 300 g/mol. The molecule has 1 fully saturated rings. The molecule has 5 heteroatoms. The molecule has 1 aliphatic carbocycles. The summed E-state index contributed by atoms with van der Waals surface area (Å²) in [5, 5.41) is 0. The Morgan fingerprint density at radius 3 is 2.82 bits per heavy atom. The average Bonchev–Trinajstić information content (AvgIpc) is 3.04. The lowest BCUT2D eigenvalue weighted by Crippen LogP contribution is -2.33. The maximum Gasteiger partial charge on any atom is 0.250 e. The second-order valence-corrected chi connectivity index (χ2v) is 6.04. The number of hydrogen-bond acceptors (Lipinski definition) is 3. The van der Waals surface area contributed by atoms with Crippen LogP contribution in [-0.4, -0.2) is 22.4 Å². The zero-order chi connectivity index (χ0) is 15.7. The van der Waals surface area contributed by atoms with Gasteiger partial charge in [-0.15, -0.1) is 0 Å². The van der Waals surface area contributed by atoms with Crippen LogP contribution in [0.5, 0.6) is 0 Å². The first kappa shape index (κ1) is 14.6. The van der Waals surface area contributed by atoms with Crippen LogP contribution in [0.15, 0.2) is 45.7 Å². The molecule has 0 radical (unpaired) electrons. The highest BCUT2D eigenvalue weighted by Crippen LogP contribution is 2.47. The van der Waals surface area contributed by atoms with Crippen LogP contribution in [0.25, 0.3) is 0 Å². The molecule has 1 aliphatic rings. The molecule has 2 atom stereocenters. The SMILES string of the molecule is C[C@H]1C[C@@H]1c1ccc(CN(C)C(=O)Cn2ccccc2=O)o1. The van der Waals surface area contributed by atoms with Gasteiger partial charge in [0, 0.05) is 25.2 Å². The van der Waals surface area contributed by atoms with Crippen molar-refractivity contribution in [1.29, 1.82) is 0 Å². The fourth-order valence-corrected chi connectivity index (χ4v) is 2.58. The Morgan fingerprint density at radius 2 is 2.14 bits per heavy atom. The lowest BCUT2D eigenvalue weighted by Gasteiger charge is -2.16. The third-order valence-electron chi connectivity index (χ3n) is 4.18. The first-order valence-corrected chi connectivity index (χ1v) is 7.52. The molecule has 0 aliphatic heterocycles. The summed E-state index contributed by atoms with van der Waals surface area (Å²) in [6.07, 6.45) is 2.80. The van der Waals surface area contributed by atoms with Gasteiger partial charge in [0.1, 0.15) is 18.1 Å². The summed E-state index contributed by atoms with van der Waals surface area (Å²) in [7, 11) is 1.72. The van der Waals surface area contributed by atoms with Crippen molar-refractivity contribution in [2.24, 2.45) is 5.92 Å². The monoisotopic (exact) mass is 300 g/mol. The van der Waals surface area contributed by atoms with Crippen molar-refractivity contribution in [1.82, 2.24) is 9.47 Å². The number of aromatic nitrogens is 1. The van der Waals surface area contributed by atoms with Crippen LogP contribution < -0.4 is 5.56 Å². The summed E-state index contributed by atoms with van der Waals surface area (Å²) < 4.78 is 7.21. The van der Waals surface area contributed by atoms with Crippen LogP contribution in [0, 0.1) is 5.92 Å². The van der Waals surface area contributed by atoms with E-state index in [4.69, 9.17) is 4.42 Å². The van der Waals surface area contributed by atoms with E-state index in [1.165, 1.54) is 17.1 Å².